The molecule has 0 radical (unpaired) electrons. The molecule has 1 unspecified atom stereocenters. The Morgan fingerprint density at radius 1 is 1.17 bits per heavy atom. The van der Waals surface area contributed by atoms with E-state index in [1.165, 1.54) is 17.3 Å². The second-order valence-corrected chi connectivity index (χ2v) is 8.46. The van der Waals surface area contributed by atoms with Gasteiger partial charge in [0, 0.05) is 35.0 Å². The van der Waals surface area contributed by atoms with Gasteiger partial charge in [0.1, 0.15) is 0 Å². The summed E-state index contributed by atoms with van der Waals surface area (Å²) in [4.78, 5) is 14.4. The first-order valence-corrected chi connectivity index (χ1v) is 10.9. The standard InChI is InChI=1S/C25H29N3OS/c1-4-20-11-12-23(27)24(16-20)30-19(3)10-13-25(29)28-22(14-18(2)17-26)15-21-8-6-5-7-9-21/h5-9,11-12,16,22H,2-4,10,13-15,27H2,1H3,(H,28,29). The Kier molecular flexibility index (Phi) is 9.24. The number of aryl methyl sites for hydroxylation is 1. The van der Waals surface area contributed by atoms with Crippen LogP contribution in [-0.4, -0.2) is 11.9 Å². The number of thioether (sulfide) groups is 1. The van der Waals surface area contributed by atoms with Crippen LogP contribution in [0.4, 0.5) is 5.69 Å². The van der Waals surface area contributed by atoms with E-state index in [9.17, 15) is 4.79 Å². The number of nitrogen functional groups attached to an aromatic ring is 1. The fourth-order valence-corrected chi connectivity index (χ4v) is 3.97. The second kappa shape index (κ2) is 11.9. The van der Waals surface area contributed by atoms with Crippen LogP contribution in [0.1, 0.15) is 37.3 Å². The zero-order valence-corrected chi connectivity index (χ0v) is 18.3. The number of anilines is 1. The van der Waals surface area contributed by atoms with E-state index in [2.05, 4.69) is 37.5 Å². The largest absolute Gasteiger partial charge is 0.398 e. The van der Waals surface area contributed by atoms with E-state index in [0.29, 0.717) is 31.3 Å². The maximum Gasteiger partial charge on any atom is 0.220 e. The molecule has 0 aromatic heterocycles. The molecular weight excluding hydrogens is 390 g/mol. The van der Waals surface area contributed by atoms with Crippen LogP contribution in [0.3, 0.4) is 0 Å². The molecule has 2 aromatic carbocycles. The van der Waals surface area contributed by atoms with Crippen molar-refractivity contribution in [2.45, 2.75) is 50.0 Å². The van der Waals surface area contributed by atoms with Gasteiger partial charge in [0.25, 0.3) is 0 Å². The molecule has 156 valence electrons. The highest BCUT2D eigenvalue weighted by atomic mass is 32.2. The molecule has 2 rings (SSSR count). The lowest BCUT2D eigenvalue weighted by Gasteiger charge is -2.19. The van der Waals surface area contributed by atoms with Crippen molar-refractivity contribution in [1.29, 1.82) is 5.26 Å². The van der Waals surface area contributed by atoms with E-state index in [0.717, 1.165) is 27.5 Å². The monoisotopic (exact) mass is 419 g/mol. The van der Waals surface area contributed by atoms with E-state index >= 15 is 0 Å². The van der Waals surface area contributed by atoms with E-state index in [-0.39, 0.29) is 11.9 Å². The van der Waals surface area contributed by atoms with Gasteiger partial charge >= 0.3 is 0 Å². The van der Waals surface area contributed by atoms with Crippen LogP contribution in [0.5, 0.6) is 0 Å². The summed E-state index contributed by atoms with van der Waals surface area (Å²) in [6, 6.07) is 17.8. The third kappa shape index (κ3) is 7.81. The van der Waals surface area contributed by atoms with Crippen LogP contribution in [0.25, 0.3) is 0 Å². The molecule has 0 heterocycles. The minimum atomic E-state index is -0.162. The quantitative estimate of drug-likeness (QED) is 0.290. The second-order valence-electron chi connectivity index (χ2n) is 7.24. The molecule has 1 atom stereocenters. The number of rotatable bonds is 11. The first-order valence-electron chi connectivity index (χ1n) is 10.1. The fourth-order valence-electron chi connectivity index (χ4n) is 3.06. The summed E-state index contributed by atoms with van der Waals surface area (Å²) < 4.78 is 0. The number of carbonyl (C=O) groups is 1. The summed E-state index contributed by atoms with van der Waals surface area (Å²) in [6.07, 6.45) is 2.93. The molecule has 0 aliphatic heterocycles. The molecule has 4 nitrogen and oxygen atoms in total. The Balaban J connectivity index is 1.90. The highest BCUT2D eigenvalue weighted by Crippen LogP contribution is 2.33. The number of allylic oxidation sites excluding steroid dienone is 1. The number of amides is 1. The van der Waals surface area contributed by atoms with Gasteiger partial charge in [-0.05, 0) is 47.4 Å². The van der Waals surface area contributed by atoms with E-state index in [1.807, 2.05) is 42.5 Å². The summed E-state index contributed by atoms with van der Waals surface area (Å²) >= 11 is 1.52. The molecule has 5 heteroatoms. The first kappa shape index (κ1) is 23.3. The Bertz CT molecular complexity index is 931. The lowest BCUT2D eigenvalue weighted by Crippen LogP contribution is -2.36. The fraction of sp³-hybridized carbons (Fsp3) is 0.280. The third-order valence-corrected chi connectivity index (χ3v) is 5.78. The van der Waals surface area contributed by atoms with Gasteiger partial charge in [-0.1, -0.05) is 68.2 Å². The van der Waals surface area contributed by atoms with Crippen LogP contribution in [0, 0.1) is 11.3 Å². The van der Waals surface area contributed by atoms with Crippen LogP contribution in [-0.2, 0) is 17.6 Å². The summed E-state index contributed by atoms with van der Waals surface area (Å²) in [6.45, 7) is 9.96. The molecular formula is C25H29N3OS. The van der Waals surface area contributed by atoms with Crippen molar-refractivity contribution >= 4 is 23.4 Å². The number of nitrogens with zero attached hydrogens (tertiary/aromatic N) is 1. The molecule has 0 aliphatic rings. The van der Waals surface area contributed by atoms with E-state index in [4.69, 9.17) is 11.0 Å². The predicted octanol–water partition coefficient (Wildman–Crippen LogP) is 5.41. The van der Waals surface area contributed by atoms with Crippen molar-refractivity contribution in [2.24, 2.45) is 0 Å². The minimum Gasteiger partial charge on any atom is -0.398 e. The number of carbonyl (C=O) groups excluding carboxylic acids is 1. The maximum absolute atomic E-state index is 12.5. The van der Waals surface area contributed by atoms with Gasteiger partial charge in [-0.3, -0.25) is 4.79 Å². The van der Waals surface area contributed by atoms with Crippen LogP contribution < -0.4 is 11.1 Å². The third-order valence-electron chi connectivity index (χ3n) is 4.71. The molecule has 0 saturated carbocycles. The molecule has 3 N–H and O–H groups in total. The van der Waals surface area contributed by atoms with Gasteiger partial charge in [0.05, 0.1) is 6.07 Å². The Morgan fingerprint density at radius 3 is 2.57 bits per heavy atom. The summed E-state index contributed by atoms with van der Waals surface area (Å²) in [7, 11) is 0. The molecule has 0 bridgehead atoms. The van der Waals surface area contributed by atoms with E-state index < -0.39 is 0 Å². The maximum atomic E-state index is 12.5. The topological polar surface area (TPSA) is 78.9 Å². The molecule has 0 fully saturated rings. The van der Waals surface area contributed by atoms with Crippen molar-refractivity contribution < 1.29 is 4.79 Å². The Morgan fingerprint density at radius 2 is 1.90 bits per heavy atom. The predicted molar refractivity (Wildman–Crippen MR) is 126 cm³/mol. The van der Waals surface area contributed by atoms with Crippen LogP contribution in [0.15, 0.2) is 77.1 Å². The van der Waals surface area contributed by atoms with Crippen molar-refractivity contribution in [3.05, 3.63) is 83.3 Å². The number of benzene rings is 2. The average molecular weight is 420 g/mol. The molecule has 30 heavy (non-hydrogen) atoms. The molecule has 0 saturated heterocycles. The highest BCUT2D eigenvalue weighted by Gasteiger charge is 2.15. The van der Waals surface area contributed by atoms with Gasteiger partial charge in [-0.15, -0.1) is 0 Å². The SMILES string of the molecule is C=C(C#N)CC(Cc1ccccc1)NC(=O)CCC(=C)Sc1cc(CC)ccc1N. The highest BCUT2D eigenvalue weighted by molar-refractivity contribution is 8.03. The lowest BCUT2D eigenvalue weighted by molar-refractivity contribution is -0.121. The number of nitrogens with two attached hydrogens (primary N) is 1. The molecule has 2 aromatic rings. The van der Waals surface area contributed by atoms with Gasteiger partial charge in [0.2, 0.25) is 5.91 Å². The van der Waals surface area contributed by atoms with Crippen molar-refractivity contribution in [2.75, 3.05) is 5.73 Å². The smallest absolute Gasteiger partial charge is 0.220 e. The van der Waals surface area contributed by atoms with E-state index in [1.54, 1.807) is 0 Å². The van der Waals surface area contributed by atoms with Crippen molar-refractivity contribution in [3.63, 3.8) is 0 Å². The Labute approximate surface area is 183 Å². The lowest BCUT2D eigenvalue weighted by atomic mass is 10.00. The van der Waals surface area contributed by atoms with Crippen LogP contribution in [0.2, 0.25) is 0 Å². The van der Waals surface area contributed by atoms with Crippen LogP contribution >= 0.6 is 11.8 Å². The molecule has 0 spiro atoms. The van der Waals surface area contributed by atoms with Gasteiger partial charge in [-0.2, -0.15) is 5.26 Å². The molecule has 0 aliphatic carbocycles. The Hall–Kier alpha value is -2.97. The summed E-state index contributed by atoms with van der Waals surface area (Å²) in [5.41, 5.74) is 9.59. The summed E-state index contributed by atoms with van der Waals surface area (Å²) in [5.74, 6) is -0.0568. The van der Waals surface area contributed by atoms with Crippen molar-refractivity contribution in [3.8, 4) is 6.07 Å². The number of hydrogen-bond donors (Lipinski definition) is 2. The average Bonchev–Trinajstić information content (AvgIpc) is 2.74. The number of hydrogen-bond acceptors (Lipinski definition) is 4. The summed E-state index contributed by atoms with van der Waals surface area (Å²) in [5, 5.41) is 12.1. The zero-order chi connectivity index (χ0) is 21.9. The first-order chi connectivity index (χ1) is 14.4. The number of nitriles is 1. The zero-order valence-electron chi connectivity index (χ0n) is 17.5. The van der Waals surface area contributed by atoms with Gasteiger partial charge < -0.3 is 11.1 Å². The van der Waals surface area contributed by atoms with Crippen molar-refractivity contribution in [1.82, 2.24) is 5.32 Å². The minimum absolute atomic E-state index is 0.0568. The number of nitrogens with one attached hydrogen (secondary N) is 1. The normalized spacial score (nSPS) is 11.3. The van der Waals surface area contributed by atoms with Gasteiger partial charge in [-0.25, -0.2) is 0 Å². The van der Waals surface area contributed by atoms with Gasteiger partial charge in [0.15, 0.2) is 0 Å². The molecule has 1 amide bonds.